The van der Waals surface area contributed by atoms with Crippen LogP contribution in [-0.2, 0) is 14.3 Å². The number of ether oxygens (including phenoxy) is 2. The van der Waals surface area contributed by atoms with Crippen LogP contribution in [0.1, 0.15) is 34.3 Å². The monoisotopic (exact) mass is 346 g/mol. The van der Waals surface area contributed by atoms with Crippen molar-refractivity contribution in [3.8, 4) is 0 Å². The van der Waals surface area contributed by atoms with Crippen molar-refractivity contribution in [3.05, 3.63) is 52.5 Å². The van der Waals surface area contributed by atoms with Crippen molar-refractivity contribution < 1.29 is 19.1 Å². The molecule has 126 valence electrons. The minimum atomic E-state index is -1.08. The molecule has 1 aliphatic heterocycles. The molecule has 3 rings (SSSR count). The minimum absolute atomic E-state index is 0.0198. The number of hydrogen-bond donors (Lipinski definition) is 1. The van der Waals surface area contributed by atoms with Crippen LogP contribution >= 0.6 is 11.3 Å². The van der Waals surface area contributed by atoms with Gasteiger partial charge in [-0.1, -0.05) is 12.1 Å². The van der Waals surface area contributed by atoms with Gasteiger partial charge in [0.15, 0.2) is 0 Å². The highest BCUT2D eigenvalue weighted by atomic mass is 32.1. The standard InChI is InChI=1S/C17H18N2O4S/c20-16(19-11-12-5-3-9-22-12)15(13-6-1-2-8-18-13)23-17(21)14-7-4-10-24-14/h1-2,4,6-8,10,12,15H,3,5,9,11H2,(H,19,20)/t12-,15-/m0/s1. The quantitative estimate of drug-likeness (QED) is 0.813. The maximum atomic E-state index is 12.5. The van der Waals surface area contributed by atoms with Crippen molar-refractivity contribution >= 4 is 23.2 Å². The number of nitrogens with one attached hydrogen (secondary N) is 1. The van der Waals surface area contributed by atoms with Gasteiger partial charge in [0.25, 0.3) is 5.91 Å². The molecule has 1 aliphatic rings. The Bertz CT molecular complexity index is 669. The highest BCUT2D eigenvalue weighted by Crippen LogP contribution is 2.20. The van der Waals surface area contributed by atoms with E-state index in [4.69, 9.17) is 9.47 Å². The number of amides is 1. The summed E-state index contributed by atoms with van der Waals surface area (Å²) >= 11 is 1.27. The summed E-state index contributed by atoms with van der Waals surface area (Å²) in [6.45, 7) is 1.12. The molecule has 0 bridgehead atoms. The molecule has 2 atom stereocenters. The van der Waals surface area contributed by atoms with Gasteiger partial charge in [0, 0.05) is 19.3 Å². The number of pyridine rings is 1. The van der Waals surface area contributed by atoms with Crippen LogP contribution in [0.15, 0.2) is 41.9 Å². The molecule has 0 saturated carbocycles. The van der Waals surface area contributed by atoms with Crippen LogP contribution in [0.5, 0.6) is 0 Å². The molecular formula is C17H18N2O4S. The number of hydrogen-bond acceptors (Lipinski definition) is 6. The molecule has 6 nitrogen and oxygen atoms in total. The highest BCUT2D eigenvalue weighted by Gasteiger charge is 2.28. The summed E-state index contributed by atoms with van der Waals surface area (Å²) in [5, 5.41) is 4.58. The lowest BCUT2D eigenvalue weighted by molar-refractivity contribution is -0.131. The molecule has 3 heterocycles. The molecule has 24 heavy (non-hydrogen) atoms. The molecular weight excluding hydrogens is 328 g/mol. The van der Waals surface area contributed by atoms with Gasteiger partial charge in [-0.05, 0) is 36.4 Å². The third-order valence-electron chi connectivity index (χ3n) is 3.67. The van der Waals surface area contributed by atoms with Crippen LogP contribution in [0.2, 0.25) is 0 Å². The Morgan fingerprint density at radius 2 is 2.29 bits per heavy atom. The van der Waals surface area contributed by atoms with Crippen molar-refractivity contribution in [1.82, 2.24) is 10.3 Å². The Labute approximate surface area is 143 Å². The Hall–Kier alpha value is -2.25. The fraction of sp³-hybridized carbons (Fsp3) is 0.353. The van der Waals surface area contributed by atoms with E-state index in [2.05, 4.69) is 10.3 Å². The Morgan fingerprint density at radius 1 is 1.38 bits per heavy atom. The summed E-state index contributed by atoms with van der Waals surface area (Å²) in [6, 6.07) is 8.58. The predicted molar refractivity (Wildman–Crippen MR) is 88.7 cm³/mol. The molecule has 0 aromatic carbocycles. The van der Waals surface area contributed by atoms with Gasteiger partial charge in [-0.3, -0.25) is 9.78 Å². The Kier molecular flexibility index (Phi) is 5.55. The SMILES string of the molecule is O=C(O[C@H](C(=O)NC[C@@H]1CCCO1)c1ccccn1)c1cccs1. The maximum Gasteiger partial charge on any atom is 0.349 e. The van der Waals surface area contributed by atoms with Crippen LogP contribution in [0.3, 0.4) is 0 Å². The zero-order valence-corrected chi connectivity index (χ0v) is 13.8. The molecule has 0 unspecified atom stereocenters. The van der Waals surface area contributed by atoms with E-state index >= 15 is 0 Å². The molecule has 0 spiro atoms. The fourth-order valence-corrected chi connectivity index (χ4v) is 3.06. The maximum absolute atomic E-state index is 12.5. The summed E-state index contributed by atoms with van der Waals surface area (Å²) in [6.07, 6.45) is 2.42. The van der Waals surface area contributed by atoms with E-state index < -0.39 is 18.0 Å². The van der Waals surface area contributed by atoms with Crippen LogP contribution in [0, 0.1) is 0 Å². The van der Waals surface area contributed by atoms with Crippen LogP contribution in [0.4, 0.5) is 0 Å². The number of carbonyl (C=O) groups excluding carboxylic acids is 2. The summed E-state index contributed by atoms with van der Waals surface area (Å²) in [7, 11) is 0. The third-order valence-corrected chi connectivity index (χ3v) is 4.52. The van der Waals surface area contributed by atoms with E-state index in [0.29, 0.717) is 17.1 Å². The Morgan fingerprint density at radius 3 is 2.96 bits per heavy atom. The summed E-state index contributed by atoms with van der Waals surface area (Å²) in [5.74, 6) is -0.929. The molecule has 1 amide bonds. The average molecular weight is 346 g/mol. The predicted octanol–water partition coefficient (Wildman–Crippen LogP) is 2.34. The van der Waals surface area contributed by atoms with Crippen LogP contribution in [0.25, 0.3) is 0 Å². The smallest absolute Gasteiger partial charge is 0.349 e. The second-order valence-electron chi connectivity index (χ2n) is 5.40. The number of carbonyl (C=O) groups is 2. The number of esters is 1. The largest absolute Gasteiger partial charge is 0.441 e. The fourth-order valence-electron chi connectivity index (χ4n) is 2.45. The molecule has 2 aromatic heterocycles. The summed E-state index contributed by atoms with van der Waals surface area (Å²) < 4.78 is 10.9. The van der Waals surface area contributed by atoms with Crippen molar-refractivity contribution in [2.45, 2.75) is 25.0 Å². The van der Waals surface area contributed by atoms with E-state index in [1.165, 1.54) is 11.3 Å². The van der Waals surface area contributed by atoms with Gasteiger partial charge in [-0.2, -0.15) is 0 Å². The van der Waals surface area contributed by atoms with Gasteiger partial charge < -0.3 is 14.8 Å². The van der Waals surface area contributed by atoms with E-state index in [1.54, 1.807) is 41.9 Å². The Balaban J connectivity index is 1.69. The van der Waals surface area contributed by atoms with Gasteiger partial charge in [0.05, 0.1) is 11.8 Å². The van der Waals surface area contributed by atoms with Crippen molar-refractivity contribution in [1.29, 1.82) is 0 Å². The van der Waals surface area contributed by atoms with Gasteiger partial charge in [0.2, 0.25) is 6.10 Å². The van der Waals surface area contributed by atoms with E-state index in [0.717, 1.165) is 19.4 Å². The summed E-state index contributed by atoms with van der Waals surface area (Å²) in [4.78, 5) is 29.3. The van der Waals surface area contributed by atoms with Crippen LogP contribution in [-0.4, -0.2) is 36.1 Å². The highest BCUT2D eigenvalue weighted by molar-refractivity contribution is 7.11. The molecule has 7 heteroatoms. The van der Waals surface area contributed by atoms with Crippen molar-refractivity contribution in [3.63, 3.8) is 0 Å². The molecule has 0 radical (unpaired) electrons. The zero-order valence-electron chi connectivity index (χ0n) is 13.0. The van der Waals surface area contributed by atoms with Crippen molar-refractivity contribution in [2.24, 2.45) is 0 Å². The molecule has 1 fully saturated rings. The average Bonchev–Trinajstić information content (AvgIpc) is 3.31. The molecule has 1 N–H and O–H groups in total. The number of rotatable bonds is 6. The van der Waals surface area contributed by atoms with Crippen LogP contribution < -0.4 is 5.32 Å². The first-order valence-electron chi connectivity index (χ1n) is 7.79. The number of aromatic nitrogens is 1. The first kappa shape index (κ1) is 16.6. The van der Waals surface area contributed by atoms with Crippen molar-refractivity contribution in [2.75, 3.05) is 13.2 Å². The van der Waals surface area contributed by atoms with Gasteiger partial charge in [0.1, 0.15) is 4.88 Å². The second kappa shape index (κ2) is 8.03. The third kappa shape index (κ3) is 4.18. The lowest BCUT2D eigenvalue weighted by atomic mass is 10.2. The first-order valence-corrected chi connectivity index (χ1v) is 8.67. The van der Waals surface area contributed by atoms with Gasteiger partial charge >= 0.3 is 5.97 Å². The van der Waals surface area contributed by atoms with Gasteiger partial charge in [-0.15, -0.1) is 11.3 Å². The molecule has 1 saturated heterocycles. The topological polar surface area (TPSA) is 77.5 Å². The molecule has 0 aliphatic carbocycles. The zero-order chi connectivity index (χ0) is 16.8. The lowest BCUT2D eigenvalue weighted by Gasteiger charge is -2.18. The summed E-state index contributed by atoms with van der Waals surface area (Å²) in [5.41, 5.74) is 0.396. The van der Waals surface area contributed by atoms with E-state index in [9.17, 15) is 9.59 Å². The normalized spacial score (nSPS) is 18.1. The van der Waals surface area contributed by atoms with E-state index in [-0.39, 0.29) is 6.10 Å². The van der Waals surface area contributed by atoms with Gasteiger partial charge in [-0.25, -0.2) is 4.79 Å². The first-order chi connectivity index (χ1) is 11.7. The minimum Gasteiger partial charge on any atom is -0.441 e. The number of thiophene rings is 1. The molecule has 2 aromatic rings. The van der Waals surface area contributed by atoms with E-state index in [1.807, 2.05) is 0 Å². The second-order valence-corrected chi connectivity index (χ2v) is 6.35. The lowest BCUT2D eigenvalue weighted by Crippen LogP contribution is -2.37. The number of nitrogens with zero attached hydrogens (tertiary/aromatic N) is 1.